The minimum atomic E-state index is -1.29. The summed E-state index contributed by atoms with van der Waals surface area (Å²) in [4.78, 5) is 12.2. The Morgan fingerprint density at radius 3 is 2.38 bits per heavy atom. The van der Waals surface area contributed by atoms with Crippen LogP contribution in [0.2, 0.25) is 0 Å². The first kappa shape index (κ1) is 18.4. The number of rotatable bonds is 7. The van der Waals surface area contributed by atoms with Gasteiger partial charge in [0.05, 0.1) is 6.61 Å². The fraction of sp³-hybridized carbons (Fsp3) is 0.316. The van der Waals surface area contributed by atoms with Gasteiger partial charge in [0.1, 0.15) is 5.25 Å². The molecule has 2 atom stereocenters. The Labute approximate surface area is 145 Å². The lowest BCUT2D eigenvalue weighted by Gasteiger charge is -2.13. The third-order valence-corrected chi connectivity index (χ3v) is 5.61. The van der Waals surface area contributed by atoms with Gasteiger partial charge in [-0.15, -0.1) is 0 Å². The van der Waals surface area contributed by atoms with Gasteiger partial charge < -0.3 is 10.4 Å². The van der Waals surface area contributed by atoms with Crippen molar-refractivity contribution in [1.82, 2.24) is 5.32 Å². The van der Waals surface area contributed by atoms with Crippen LogP contribution in [0.25, 0.3) is 0 Å². The number of amides is 1. The van der Waals surface area contributed by atoms with Gasteiger partial charge >= 0.3 is 0 Å². The van der Waals surface area contributed by atoms with E-state index in [1.165, 1.54) is 0 Å². The Balaban J connectivity index is 1.89. The second-order valence-corrected chi connectivity index (χ2v) is 7.54. The molecule has 4 nitrogen and oxygen atoms in total. The number of carbonyl (C=O) groups excluding carboxylic acids is 1. The molecule has 0 fully saturated rings. The van der Waals surface area contributed by atoms with E-state index in [9.17, 15) is 9.00 Å². The van der Waals surface area contributed by atoms with Crippen molar-refractivity contribution >= 4 is 16.7 Å². The average molecular weight is 345 g/mol. The molecule has 2 unspecified atom stereocenters. The monoisotopic (exact) mass is 345 g/mol. The van der Waals surface area contributed by atoms with Crippen molar-refractivity contribution in [1.29, 1.82) is 0 Å². The van der Waals surface area contributed by atoms with Gasteiger partial charge in [-0.25, -0.2) is 0 Å². The van der Waals surface area contributed by atoms with E-state index in [1.54, 1.807) is 19.1 Å². The van der Waals surface area contributed by atoms with Crippen molar-refractivity contribution in [3.8, 4) is 0 Å². The maximum atomic E-state index is 12.4. The average Bonchev–Trinajstić information content (AvgIpc) is 2.60. The number of nitrogens with one attached hydrogen (secondary N) is 1. The molecular formula is C19H23NO3S. The highest BCUT2D eigenvalue weighted by atomic mass is 32.2. The highest BCUT2D eigenvalue weighted by Gasteiger charge is 2.20. The number of hydrogen-bond acceptors (Lipinski definition) is 3. The third kappa shape index (κ3) is 5.01. The summed E-state index contributed by atoms with van der Waals surface area (Å²) in [5.74, 6) is 0.119. The summed E-state index contributed by atoms with van der Waals surface area (Å²) in [6, 6.07) is 15.1. The van der Waals surface area contributed by atoms with Gasteiger partial charge in [0.25, 0.3) is 0 Å². The molecule has 2 aromatic carbocycles. The van der Waals surface area contributed by atoms with E-state index < -0.39 is 16.0 Å². The van der Waals surface area contributed by atoms with Crippen molar-refractivity contribution in [2.75, 3.05) is 0 Å². The Kier molecular flexibility index (Phi) is 6.70. The Bertz CT molecular complexity index is 713. The van der Waals surface area contributed by atoms with Crippen LogP contribution in [0, 0.1) is 6.92 Å². The smallest absolute Gasteiger partial charge is 0.235 e. The molecule has 0 spiro atoms. The largest absolute Gasteiger partial charge is 0.392 e. The highest BCUT2D eigenvalue weighted by Crippen LogP contribution is 2.11. The fourth-order valence-corrected chi connectivity index (χ4v) is 3.38. The Hall–Kier alpha value is -1.98. The maximum absolute atomic E-state index is 12.4. The molecule has 24 heavy (non-hydrogen) atoms. The maximum Gasteiger partial charge on any atom is 0.235 e. The molecule has 0 aliphatic heterocycles. The second kappa shape index (κ2) is 8.76. The predicted octanol–water partition coefficient (Wildman–Crippen LogP) is 2.44. The number of hydrogen-bond donors (Lipinski definition) is 2. The molecule has 0 saturated carbocycles. The zero-order valence-corrected chi connectivity index (χ0v) is 14.8. The fourth-order valence-electron chi connectivity index (χ4n) is 2.28. The Morgan fingerprint density at radius 1 is 1.12 bits per heavy atom. The summed E-state index contributed by atoms with van der Waals surface area (Å²) in [5.41, 5.74) is 3.89. The molecule has 128 valence electrons. The van der Waals surface area contributed by atoms with E-state index in [1.807, 2.05) is 43.3 Å². The van der Waals surface area contributed by atoms with E-state index in [0.29, 0.717) is 12.3 Å². The van der Waals surface area contributed by atoms with Crippen LogP contribution in [0.4, 0.5) is 0 Å². The predicted molar refractivity (Wildman–Crippen MR) is 96.7 cm³/mol. The zero-order valence-electron chi connectivity index (χ0n) is 14.0. The van der Waals surface area contributed by atoms with Crippen molar-refractivity contribution in [3.63, 3.8) is 0 Å². The number of aryl methyl sites for hydroxylation is 1. The van der Waals surface area contributed by atoms with Crippen LogP contribution < -0.4 is 5.32 Å². The SMILES string of the molecule is Cc1ccccc1CNC(=O)C(C)S(=O)Cc1ccc(CO)cc1. The third-order valence-electron chi connectivity index (χ3n) is 3.99. The van der Waals surface area contributed by atoms with E-state index >= 15 is 0 Å². The molecule has 5 heteroatoms. The number of aliphatic hydroxyl groups is 1. The Morgan fingerprint density at radius 2 is 1.75 bits per heavy atom. The van der Waals surface area contributed by atoms with Gasteiger partial charge in [-0.2, -0.15) is 0 Å². The number of carbonyl (C=O) groups is 1. The van der Waals surface area contributed by atoms with E-state index in [4.69, 9.17) is 5.11 Å². The number of aliphatic hydroxyl groups excluding tert-OH is 1. The van der Waals surface area contributed by atoms with Crippen LogP contribution in [0.15, 0.2) is 48.5 Å². The lowest BCUT2D eigenvalue weighted by atomic mass is 10.1. The van der Waals surface area contributed by atoms with Crippen LogP contribution in [-0.2, 0) is 34.5 Å². The van der Waals surface area contributed by atoms with Gasteiger partial charge in [0.15, 0.2) is 0 Å². The van der Waals surface area contributed by atoms with Gasteiger partial charge in [-0.05, 0) is 36.1 Å². The minimum Gasteiger partial charge on any atom is -0.392 e. The number of benzene rings is 2. The molecule has 1 amide bonds. The van der Waals surface area contributed by atoms with Gasteiger partial charge in [-0.1, -0.05) is 48.5 Å². The van der Waals surface area contributed by atoms with Crippen molar-refractivity contribution in [2.24, 2.45) is 0 Å². The standard InChI is InChI=1S/C19H23NO3S/c1-14-5-3-4-6-18(14)11-20-19(22)15(2)24(23)13-17-9-7-16(12-21)8-10-17/h3-10,15,21H,11-13H2,1-2H3,(H,20,22). The van der Waals surface area contributed by atoms with Crippen LogP contribution in [0.1, 0.15) is 29.2 Å². The first-order chi connectivity index (χ1) is 11.5. The van der Waals surface area contributed by atoms with Crippen LogP contribution in [0.5, 0.6) is 0 Å². The van der Waals surface area contributed by atoms with Gasteiger partial charge in [0, 0.05) is 23.1 Å². The van der Waals surface area contributed by atoms with E-state index in [0.717, 1.165) is 22.3 Å². The summed E-state index contributed by atoms with van der Waals surface area (Å²) in [7, 11) is -1.29. The van der Waals surface area contributed by atoms with E-state index in [2.05, 4.69) is 5.32 Å². The second-order valence-electron chi connectivity index (χ2n) is 5.79. The minimum absolute atomic E-state index is 0.0128. The molecule has 0 radical (unpaired) electrons. The van der Waals surface area contributed by atoms with Gasteiger partial charge in [-0.3, -0.25) is 9.00 Å². The van der Waals surface area contributed by atoms with Crippen molar-refractivity contribution in [2.45, 2.75) is 38.0 Å². The summed E-state index contributed by atoms with van der Waals surface area (Å²) >= 11 is 0. The first-order valence-corrected chi connectivity index (χ1v) is 9.27. The highest BCUT2D eigenvalue weighted by molar-refractivity contribution is 7.85. The molecule has 2 rings (SSSR count). The quantitative estimate of drug-likeness (QED) is 0.810. The molecule has 0 bridgehead atoms. The molecule has 0 aliphatic carbocycles. The van der Waals surface area contributed by atoms with Crippen LogP contribution in [0.3, 0.4) is 0 Å². The molecule has 0 saturated heterocycles. The lowest BCUT2D eigenvalue weighted by Crippen LogP contribution is -2.35. The molecule has 2 N–H and O–H groups in total. The summed E-state index contributed by atoms with van der Waals surface area (Å²) in [6.07, 6.45) is 0. The van der Waals surface area contributed by atoms with Crippen molar-refractivity contribution in [3.05, 3.63) is 70.8 Å². The zero-order chi connectivity index (χ0) is 17.5. The summed E-state index contributed by atoms with van der Waals surface area (Å²) < 4.78 is 12.4. The van der Waals surface area contributed by atoms with Crippen LogP contribution in [-0.4, -0.2) is 20.5 Å². The van der Waals surface area contributed by atoms with Gasteiger partial charge in [0.2, 0.25) is 5.91 Å². The topological polar surface area (TPSA) is 66.4 Å². The molecule has 0 heterocycles. The molecule has 2 aromatic rings. The normalized spacial score (nSPS) is 13.3. The van der Waals surface area contributed by atoms with E-state index in [-0.39, 0.29) is 12.5 Å². The molecule has 0 aliphatic rings. The summed E-state index contributed by atoms with van der Waals surface area (Å²) in [5, 5.41) is 11.3. The molecular weight excluding hydrogens is 322 g/mol. The van der Waals surface area contributed by atoms with Crippen LogP contribution >= 0.6 is 0 Å². The lowest BCUT2D eigenvalue weighted by molar-refractivity contribution is -0.120. The summed E-state index contributed by atoms with van der Waals surface area (Å²) in [6.45, 7) is 4.11. The first-order valence-electron chi connectivity index (χ1n) is 7.89. The molecule has 0 aromatic heterocycles. The van der Waals surface area contributed by atoms with Crippen molar-refractivity contribution < 1.29 is 14.1 Å².